The van der Waals surface area contributed by atoms with Gasteiger partial charge in [-0.2, -0.15) is 0 Å². The van der Waals surface area contributed by atoms with E-state index in [-0.39, 0.29) is 6.04 Å². The number of hydrogen-bond donors (Lipinski definition) is 1. The molecule has 1 fully saturated rings. The largest absolute Gasteiger partial charge is 0.385 e. The fourth-order valence-corrected chi connectivity index (χ4v) is 3.20. The summed E-state index contributed by atoms with van der Waals surface area (Å²) in [5.41, 5.74) is 3.37. The van der Waals surface area contributed by atoms with E-state index in [0.717, 1.165) is 41.5 Å². The first-order chi connectivity index (χ1) is 10.8. The van der Waals surface area contributed by atoms with Crippen molar-refractivity contribution in [1.82, 2.24) is 19.5 Å². The number of hydrogen-bond acceptors (Lipinski definition) is 5. The molecule has 114 valence electrons. The number of nitrogens with zero attached hydrogens (tertiary/aromatic N) is 4. The number of aliphatic hydroxyl groups excluding tert-OH is 1. The molecule has 3 aromatic rings. The number of aliphatic hydroxyl groups is 1. The van der Waals surface area contributed by atoms with Crippen molar-refractivity contribution in [1.29, 1.82) is 0 Å². The Morgan fingerprint density at radius 1 is 1.36 bits per heavy atom. The van der Waals surface area contributed by atoms with E-state index in [1.807, 2.05) is 12.1 Å². The smallest absolute Gasteiger partial charge is 0.139 e. The van der Waals surface area contributed by atoms with Gasteiger partial charge < -0.3 is 14.4 Å². The highest BCUT2D eigenvalue weighted by atomic mass is 16.5. The number of aromatic nitrogens is 4. The van der Waals surface area contributed by atoms with Crippen LogP contribution in [-0.4, -0.2) is 37.8 Å². The first-order valence-electron chi connectivity index (χ1n) is 7.63. The van der Waals surface area contributed by atoms with Gasteiger partial charge in [0.2, 0.25) is 0 Å². The van der Waals surface area contributed by atoms with Crippen LogP contribution in [0.4, 0.5) is 0 Å². The lowest BCUT2D eigenvalue weighted by molar-refractivity contribution is 0.0564. The molecule has 1 N–H and O–H groups in total. The lowest BCUT2D eigenvalue weighted by Gasteiger charge is -2.26. The van der Waals surface area contributed by atoms with Gasteiger partial charge in [-0.05, 0) is 31.9 Å². The van der Waals surface area contributed by atoms with Gasteiger partial charge in [0.05, 0.1) is 29.9 Å². The fraction of sp³-hybridized carbons (Fsp3) is 0.438. The van der Waals surface area contributed by atoms with E-state index in [0.29, 0.717) is 12.4 Å². The minimum Gasteiger partial charge on any atom is -0.385 e. The summed E-state index contributed by atoms with van der Waals surface area (Å²) in [6, 6.07) is 4.00. The highest BCUT2D eigenvalue weighted by molar-refractivity contribution is 5.99. The molecule has 4 heterocycles. The van der Waals surface area contributed by atoms with Gasteiger partial charge in [-0.15, -0.1) is 0 Å². The zero-order valence-electron chi connectivity index (χ0n) is 12.4. The quantitative estimate of drug-likeness (QED) is 0.786. The maximum atomic E-state index is 10.1. The van der Waals surface area contributed by atoms with Crippen LogP contribution in [0.5, 0.6) is 0 Å². The molecule has 4 rings (SSSR count). The van der Waals surface area contributed by atoms with Crippen molar-refractivity contribution in [2.75, 3.05) is 13.2 Å². The Hall–Kier alpha value is -2.05. The zero-order chi connectivity index (χ0) is 15.1. The standard InChI is InChI=1S/C16H18N4O2/c1-10(21)16-19-13-8-18-12-5-2-6-17-14(12)15(13)20(16)11-4-3-7-22-9-11/h2,5-6,8,10-11,21H,3-4,7,9H2,1H3/t10-,11+/m1/s1. The van der Waals surface area contributed by atoms with E-state index in [1.54, 1.807) is 19.3 Å². The van der Waals surface area contributed by atoms with Crippen LogP contribution >= 0.6 is 0 Å². The average Bonchev–Trinajstić information content (AvgIpc) is 2.96. The van der Waals surface area contributed by atoms with Crippen molar-refractivity contribution in [3.8, 4) is 0 Å². The van der Waals surface area contributed by atoms with Gasteiger partial charge in [-0.1, -0.05) is 0 Å². The van der Waals surface area contributed by atoms with Gasteiger partial charge in [0.15, 0.2) is 0 Å². The molecule has 1 aliphatic rings. The minimum absolute atomic E-state index is 0.177. The number of pyridine rings is 2. The van der Waals surface area contributed by atoms with Crippen molar-refractivity contribution in [3.05, 3.63) is 30.4 Å². The monoisotopic (exact) mass is 298 g/mol. The van der Waals surface area contributed by atoms with Crippen molar-refractivity contribution in [3.63, 3.8) is 0 Å². The lowest BCUT2D eigenvalue weighted by Crippen LogP contribution is -2.23. The first-order valence-corrected chi connectivity index (χ1v) is 7.63. The molecule has 0 radical (unpaired) electrons. The Morgan fingerprint density at radius 2 is 2.27 bits per heavy atom. The topological polar surface area (TPSA) is 73.1 Å². The second kappa shape index (κ2) is 5.30. The van der Waals surface area contributed by atoms with Crippen LogP contribution in [0.2, 0.25) is 0 Å². The van der Waals surface area contributed by atoms with E-state index in [9.17, 15) is 5.11 Å². The van der Waals surface area contributed by atoms with Crippen molar-refractivity contribution < 1.29 is 9.84 Å². The number of fused-ring (bicyclic) bond motifs is 3. The van der Waals surface area contributed by atoms with Gasteiger partial charge in [0, 0.05) is 12.8 Å². The van der Waals surface area contributed by atoms with Gasteiger partial charge in [0.1, 0.15) is 23.0 Å². The normalized spacial score (nSPS) is 20.5. The van der Waals surface area contributed by atoms with Crippen LogP contribution in [0.15, 0.2) is 24.5 Å². The van der Waals surface area contributed by atoms with Gasteiger partial charge in [-0.3, -0.25) is 9.97 Å². The minimum atomic E-state index is -0.645. The maximum absolute atomic E-state index is 10.1. The van der Waals surface area contributed by atoms with Crippen molar-refractivity contribution in [2.24, 2.45) is 0 Å². The van der Waals surface area contributed by atoms with Crippen LogP contribution < -0.4 is 0 Å². The Balaban J connectivity index is 2.04. The van der Waals surface area contributed by atoms with E-state index in [2.05, 4.69) is 19.5 Å². The fourth-order valence-electron chi connectivity index (χ4n) is 3.20. The molecule has 0 bridgehead atoms. The molecule has 0 aromatic carbocycles. The Bertz CT molecular complexity index is 821. The summed E-state index contributed by atoms with van der Waals surface area (Å²) in [5, 5.41) is 10.1. The molecule has 3 aromatic heterocycles. The molecular formula is C16H18N4O2. The summed E-state index contributed by atoms with van der Waals surface area (Å²) in [6.07, 6.45) is 4.90. The molecule has 1 aliphatic heterocycles. The van der Waals surface area contributed by atoms with Gasteiger partial charge >= 0.3 is 0 Å². The van der Waals surface area contributed by atoms with Crippen LogP contribution in [0.25, 0.3) is 22.1 Å². The van der Waals surface area contributed by atoms with Crippen LogP contribution in [0.3, 0.4) is 0 Å². The summed E-state index contributed by atoms with van der Waals surface area (Å²) in [6.45, 7) is 3.18. The molecule has 0 aliphatic carbocycles. The molecule has 22 heavy (non-hydrogen) atoms. The predicted octanol–water partition coefficient (Wildman–Crippen LogP) is 2.38. The second-order valence-corrected chi connectivity index (χ2v) is 5.75. The SMILES string of the molecule is C[C@@H](O)c1nc2cnc3cccnc3c2n1[C@H]1CCCOC1. The first kappa shape index (κ1) is 13.6. The molecule has 0 unspecified atom stereocenters. The van der Waals surface area contributed by atoms with Crippen LogP contribution in [0.1, 0.15) is 37.7 Å². The van der Waals surface area contributed by atoms with Gasteiger partial charge in [0.25, 0.3) is 0 Å². The number of ether oxygens (including phenoxy) is 1. The second-order valence-electron chi connectivity index (χ2n) is 5.75. The summed E-state index contributed by atoms with van der Waals surface area (Å²) >= 11 is 0. The highest BCUT2D eigenvalue weighted by Crippen LogP contribution is 2.32. The Kier molecular flexibility index (Phi) is 3.28. The van der Waals surface area contributed by atoms with E-state index in [4.69, 9.17) is 4.74 Å². The third kappa shape index (κ3) is 2.07. The lowest BCUT2D eigenvalue weighted by atomic mass is 10.1. The van der Waals surface area contributed by atoms with E-state index >= 15 is 0 Å². The van der Waals surface area contributed by atoms with Crippen molar-refractivity contribution in [2.45, 2.75) is 31.9 Å². The summed E-state index contributed by atoms with van der Waals surface area (Å²) < 4.78 is 7.74. The number of imidazole rings is 1. The average molecular weight is 298 g/mol. The molecule has 1 saturated heterocycles. The third-order valence-corrected chi connectivity index (χ3v) is 4.18. The highest BCUT2D eigenvalue weighted by Gasteiger charge is 2.25. The molecule has 0 saturated carbocycles. The Morgan fingerprint density at radius 3 is 3.05 bits per heavy atom. The van der Waals surface area contributed by atoms with Gasteiger partial charge in [-0.25, -0.2) is 4.98 Å². The summed E-state index contributed by atoms with van der Waals surface area (Å²) in [7, 11) is 0. The molecule has 6 heteroatoms. The van der Waals surface area contributed by atoms with Crippen LogP contribution in [-0.2, 0) is 4.74 Å². The third-order valence-electron chi connectivity index (χ3n) is 4.18. The molecule has 0 spiro atoms. The molecular weight excluding hydrogens is 280 g/mol. The molecule has 6 nitrogen and oxygen atoms in total. The molecule has 0 amide bonds. The van der Waals surface area contributed by atoms with Crippen LogP contribution in [0, 0.1) is 0 Å². The van der Waals surface area contributed by atoms with E-state index in [1.165, 1.54) is 0 Å². The summed E-state index contributed by atoms with van der Waals surface area (Å²) in [5.74, 6) is 0.658. The summed E-state index contributed by atoms with van der Waals surface area (Å²) in [4.78, 5) is 13.5. The van der Waals surface area contributed by atoms with Crippen molar-refractivity contribution >= 4 is 22.1 Å². The Labute approximate surface area is 127 Å². The zero-order valence-corrected chi connectivity index (χ0v) is 12.4. The predicted molar refractivity (Wildman–Crippen MR) is 82.6 cm³/mol. The maximum Gasteiger partial charge on any atom is 0.139 e. The molecule has 2 atom stereocenters. The van der Waals surface area contributed by atoms with E-state index < -0.39 is 6.10 Å². The number of rotatable bonds is 2.